The molecule has 0 unspecified atom stereocenters. The largest absolute Gasteiger partial charge is 0.457 e. The number of hydrogen-bond donors (Lipinski definition) is 0. The van der Waals surface area contributed by atoms with Crippen molar-refractivity contribution in [2.24, 2.45) is 0 Å². The fraction of sp³-hybridized carbons (Fsp3) is 0. The Labute approximate surface area is 295 Å². The van der Waals surface area contributed by atoms with Gasteiger partial charge in [0.1, 0.15) is 46.0 Å². The van der Waals surface area contributed by atoms with Crippen molar-refractivity contribution >= 4 is 31.4 Å². The van der Waals surface area contributed by atoms with Crippen molar-refractivity contribution in [1.29, 1.82) is 0 Å². The highest BCUT2D eigenvalue weighted by Crippen LogP contribution is 2.34. The van der Waals surface area contributed by atoms with Gasteiger partial charge in [0.25, 0.3) is 0 Å². The molecule has 0 aliphatic rings. The minimum Gasteiger partial charge on any atom is -0.457 e. The van der Waals surface area contributed by atoms with E-state index in [4.69, 9.17) is 18.9 Å². The van der Waals surface area contributed by atoms with E-state index in [0.717, 1.165) is 33.0 Å². The Morgan fingerprint density at radius 2 is 0.588 bits per heavy atom. The summed E-state index contributed by atoms with van der Waals surface area (Å²) in [4.78, 5) is 0.313. The molecule has 248 valence electrons. The van der Waals surface area contributed by atoms with Crippen LogP contribution in [0.25, 0.3) is 21.5 Å². The van der Waals surface area contributed by atoms with Crippen LogP contribution in [0.5, 0.6) is 46.0 Å². The van der Waals surface area contributed by atoms with E-state index in [1.54, 1.807) is 24.3 Å². The van der Waals surface area contributed by atoms with Gasteiger partial charge < -0.3 is 18.9 Å². The van der Waals surface area contributed by atoms with Crippen molar-refractivity contribution in [2.45, 2.75) is 9.79 Å². The molecule has 0 aliphatic heterocycles. The summed E-state index contributed by atoms with van der Waals surface area (Å²) in [5, 5.41) is 4.28. The Morgan fingerprint density at radius 1 is 0.294 bits per heavy atom. The quantitative estimate of drug-likeness (QED) is 0.143. The van der Waals surface area contributed by atoms with Crippen molar-refractivity contribution in [3.63, 3.8) is 0 Å². The van der Waals surface area contributed by atoms with Gasteiger partial charge in [-0.3, -0.25) is 0 Å². The van der Waals surface area contributed by atoms with E-state index in [-0.39, 0.29) is 9.79 Å². The smallest absolute Gasteiger partial charge is 0.206 e. The van der Waals surface area contributed by atoms with Crippen molar-refractivity contribution < 1.29 is 27.4 Å². The zero-order chi connectivity index (χ0) is 34.6. The number of ether oxygens (including phenoxy) is 4. The van der Waals surface area contributed by atoms with E-state index in [0.29, 0.717) is 34.5 Å². The van der Waals surface area contributed by atoms with Gasteiger partial charge in [0.2, 0.25) is 9.84 Å². The standard InChI is InChI=1S/C44H30O6S/c45-51(46,39-27-23-35(24-28-39)47-33-15-19-37(20-16-33)49-43-13-5-9-31-7-1-3-11-41(31)43)40-29-25-36(26-30-40)48-34-17-21-38(22-18-34)50-44-14-6-10-32-8-2-4-12-42(32)44/h1-30H. The lowest BCUT2D eigenvalue weighted by Gasteiger charge is -2.11. The summed E-state index contributed by atoms with van der Waals surface area (Å²) < 4.78 is 51.0. The third-order valence-electron chi connectivity index (χ3n) is 8.34. The molecule has 0 amide bonds. The molecule has 0 heterocycles. The maximum Gasteiger partial charge on any atom is 0.206 e. The summed E-state index contributed by atoms with van der Waals surface area (Å²) in [5.41, 5.74) is 0. The predicted octanol–water partition coefficient (Wildman–Crippen LogP) is 12.0. The zero-order valence-electron chi connectivity index (χ0n) is 27.2. The first-order chi connectivity index (χ1) is 25.0. The Kier molecular flexibility index (Phi) is 8.54. The van der Waals surface area contributed by atoms with Gasteiger partial charge in [0.15, 0.2) is 0 Å². The van der Waals surface area contributed by atoms with Gasteiger partial charge in [-0.2, -0.15) is 0 Å². The molecule has 6 nitrogen and oxygen atoms in total. The van der Waals surface area contributed by atoms with Gasteiger partial charge in [-0.05, 0) is 120 Å². The van der Waals surface area contributed by atoms with Crippen LogP contribution in [-0.4, -0.2) is 8.42 Å². The highest BCUT2D eigenvalue weighted by Gasteiger charge is 2.18. The molecule has 0 aliphatic carbocycles. The fourth-order valence-corrected chi connectivity index (χ4v) is 7.02. The maximum atomic E-state index is 13.4. The van der Waals surface area contributed by atoms with Crippen LogP contribution in [0, 0.1) is 0 Å². The zero-order valence-corrected chi connectivity index (χ0v) is 28.0. The molecule has 0 spiro atoms. The van der Waals surface area contributed by atoms with Crippen LogP contribution >= 0.6 is 0 Å². The molecule has 8 aromatic carbocycles. The summed E-state index contributed by atoms with van der Waals surface area (Å²) in [7, 11) is -3.76. The van der Waals surface area contributed by atoms with Crippen LogP contribution in [0.3, 0.4) is 0 Å². The maximum absolute atomic E-state index is 13.4. The molecule has 0 bridgehead atoms. The Hall–Kier alpha value is -6.57. The van der Waals surface area contributed by atoms with Crippen LogP contribution in [0.1, 0.15) is 0 Å². The molecular formula is C44H30O6S. The first-order valence-electron chi connectivity index (χ1n) is 16.3. The molecule has 0 atom stereocenters. The minimum absolute atomic E-state index is 0.157. The molecule has 0 fully saturated rings. The van der Waals surface area contributed by atoms with Crippen molar-refractivity contribution in [2.75, 3.05) is 0 Å². The molecule has 0 aromatic heterocycles. The van der Waals surface area contributed by atoms with E-state index in [1.807, 2.05) is 133 Å². The topological polar surface area (TPSA) is 71.1 Å². The van der Waals surface area contributed by atoms with E-state index in [9.17, 15) is 8.42 Å². The third kappa shape index (κ3) is 6.97. The SMILES string of the molecule is O=S(=O)(c1ccc(Oc2ccc(Oc3cccc4ccccc34)cc2)cc1)c1ccc(Oc2ccc(Oc3cccc4ccccc34)cc2)cc1. The van der Waals surface area contributed by atoms with Gasteiger partial charge in [0, 0.05) is 10.8 Å². The van der Waals surface area contributed by atoms with Gasteiger partial charge in [-0.25, -0.2) is 8.42 Å². The van der Waals surface area contributed by atoms with Crippen molar-refractivity contribution in [1.82, 2.24) is 0 Å². The summed E-state index contributed by atoms with van der Waals surface area (Å²) in [5.74, 6) is 5.11. The second-order valence-corrected chi connectivity index (χ2v) is 13.7. The monoisotopic (exact) mass is 686 g/mol. The molecule has 7 heteroatoms. The van der Waals surface area contributed by atoms with Crippen LogP contribution in [0.4, 0.5) is 0 Å². The number of benzene rings is 8. The van der Waals surface area contributed by atoms with Crippen molar-refractivity contribution in [3.05, 3.63) is 182 Å². The molecule has 0 saturated carbocycles. The highest BCUT2D eigenvalue weighted by molar-refractivity contribution is 7.91. The predicted molar refractivity (Wildman–Crippen MR) is 199 cm³/mol. The average molecular weight is 687 g/mol. The van der Waals surface area contributed by atoms with Crippen LogP contribution in [-0.2, 0) is 9.84 Å². The summed E-state index contributed by atoms with van der Waals surface area (Å²) in [6.07, 6.45) is 0. The van der Waals surface area contributed by atoms with Gasteiger partial charge in [-0.1, -0.05) is 72.8 Å². The van der Waals surface area contributed by atoms with E-state index in [1.165, 1.54) is 24.3 Å². The van der Waals surface area contributed by atoms with Crippen LogP contribution < -0.4 is 18.9 Å². The Bertz CT molecular complexity index is 2380. The van der Waals surface area contributed by atoms with Gasteiger partial charge in [0.05, 0.1) is 9.79 Å². The third-order valence-corrected chi connectivity index (χ3v) is 10.1. The number of rotatable bonds is 10. The summed E-state index contributed by atoms with van der Waals surface area (Å²) in [6, 6.07) is 55.3. The second kappa shape index (κ2) is 13.7. The number of sulfone groups is 1. The second-order valence-electron chi connectivity index (χ2n) is 11.8. The van der Waals surface area contributed by atoms with Crippen molar-refractivity contribution in [3.8, 4) is 46.0 Å². The van der Waals surface area contributed by atoms with Crippen LogP contribution in [0.15, 0.2) is 192 Å². The molecule has 51 heavy (non-hydrogen) atoms. The van der Waals surface area contributed by atoms with E-state index < -0.39 is 9.84 Å². The lowest BCUT2D eigenvalue weighted by atomic mass is 10.1. The van der Waals surface area contributed by atoms with Gasteiger partial charge in [-0.15, -0.1) is 0 Å². The molecule has 8 rings (SSSR count). The summed E-state index contributed by atoms with van der Waals surface area (Å²) in [6.45, 7) is 0. The molecule has 0 radical (unpaired) electrons. The molecular weight excluding hydrogens is 657 g/mol. The fourth-order valence-electron chi connectivity index (χ4n) is 5.76. The average Bonchev–Trinajstić information content (AvgIpc) is 3.17. The number of fused-ring (bicyclic) bond motifs is 2. The molecule has 8 aromatic rings. The highest BCUT2D eigenvalue weighted by atomic mass is 32.2. The summed E-state index contributed by atoms with van der Waals surface area (Å²) >= 11 is 0. The lowest BCUT2D eigenvalue weighted by molar-refractivity contribution is 0.471. The Morgan fingerprint density at radius 3 is 0.961 bits per heavy atom. The molecule has 0 saturated heterocycles. The van der Waals surface area contributed by atoms with E-state index in [2.05, 4.69) is 0 Å². The number of hydrogen-bond acceptors (Lipinski definition) is 6. The lowest BCUT2D eigenvalue weighted by Crippen LogP contribution is -2.01. The van der Waals surface area contributed by atoms with E-state index >= 15 is 0 Å². The minimum atomic E-state index is -3.76. The Balaban J connectivity index is 0.883. The first kappa shape index (κ1) is 31.7. The first-order valence-corrected chi connectivity index (χ1v) is 17.8. The molecule has 0 N–H and O–H groups in total. The van der Waals surface area contributed by atoms with Gasteiger partial charge >= 0.3 is 0 Å². The van der Waals surface area contributed by atoms with Crippen LogP contribution in [0.2, 0.25) is 0 Å². The normalized spacial score (nSPS) is 11.3.